The van der Waals surface area contributed by atoms with E-state index in [2.05, 4.69) is 64.7 Å². The predicted octanol–water partition coefficient (Wildman–Crippen LogP) is 1.50. The van der Waals surface area contributed by atoms with Crippen molar-refractivity contribution in [3.05, 3.63) is 0 Å². The lowest BCUT2D eigenvalue weighted by atomic mass is 10.1. The topological polar surface area (TPSA) is 34.1 Å². The van der Waals surface area contributed by atoms with E-state index in [1.165, 1.54) is 12.3 Å². The highest BCUT2D eigenvalue weighted by atomic mass is 127. The summed E-state index contributed by atoms with van der Waals surface area (Å²) in [7, 11) is 6.35. The number of nitrogens with zero attached hydrogens (tertiary/aromatic N) is 4. The molecule has 2 aliphatic heterocycles. The zero-order chi connectivity index (χ0) is 16.1. The molecule has 0 aromatic heterocycles. The van der Waals surface area contributed by atoms with Crippen LogP contribution in [0.3, 0.4) is 0 Å². The Labute approximate surface area is 163 Å². The molecule has 23 heavy (non-hydrogen) atoms. The summed E-state index contributed by atoms with van der Waals surface area (Å²) in [5, 5.41) is 4.34. The van der Waals surface area contributed by atoms with E-state index in [0.29, 0.717) is 6.04 Å². The first-order valence-electron chi connectivity index (χ1n) is 8.47. The summed E-state index contributed by atoms with van der Waals surface area (Å²) in [5.41, 5.74) is 0. The van der Waals surface area contributed by atoms with Crippen molar-refractivity contribution in [1.29, 1.82) is 0 Å². The van der Waals surface area contributed by atoms with Gasteiger partial charge in [0.05, 0.1) is 0 Å². The Hall–Kier alpha value is 0.270. The second-order valence-electron chi connectivity index (χ2n) is 6.92. The van der Waals surface area contributed by atoms with Crippen molar-refractivity contribution in [3.8, 4) is 0 Å². The Kier molecular flexibility index (Phi) is 9.55. The molecule has 0 aromatic carbocycles. The molecule has 0 aromatic rings. The Morgan fingerprint density at radius 2 is 1.96 bits per heavy atom. The van der Waals surface area contributed by atoms with Gasteiger partial charge in [-0.1, -0.05) is 13.8 Å². The fraction of sp³-hybridized carbons (Fsp3) is 0.938. The van der Waals surface area contributed by atoms with Crippen LogP contribution in [0.5, 0.6) is 0 Å². The highest BCUT2D eigenvalue weighted by molar-refractivity contribution is 14.0. The van der Waals surface area contributed by atoms with Crippen LogP contribution in [0.25, 0.3) is 0 Å². The van der Waals surface area contributed by atoms with E-state index >= 15 is 0 Å². The highest BCUT2D eigenvalue weighted by Gasteiger charge is 2.26. The normalized spacial score (nSPS) is 27.9. The quantitative estimate of drug-likeness (QED) is 0.397. The van der Waals surface area contributed by atoms with Crippen LogP contribution in [-0.2, 0) is 0 Å². The molecule has 0 spiro atoms. The Balaban J connectivity index is 0.00000264. The molecule has 0 saturated carbocycles. The number of hydrogen-bond donors (Lipinski definition) is 1. The Morgan fingerprint density at radius 3 is 2.61 bits per heavy atom. The number of likely N-dealkylation sites (N-methyl/N-ethyl adjacent to an activating group) is 2. The van der Waals surface area contributed by atoms with Crippen LogP contribution in [0.15, 0.2) is 4.99 Å². The first-order valence-corrected chi connectivity index (χ1v) is 9.52. The lowest BCUT2D eigenvalue weighted by Gasteiger charge is -2.40. The van der Waals surface area contributed by atoms with Crippen LogP contribution in [0, 0.1) is 5.92 Å². The fourth-order valence-corrected chi connectivity index (χ4v) is 4.43. The summed E-state index contributed by atoms with van der Waals surface area (Å²) < 4.78 is 0. The van der Waals surface area contributed by atoms with Crippen LogP contribution in [0.2, 0.25) is 0 Å². The van der Waals surface area contributed by atoms with E-state index in [0.717, 1.165) is 49.9 Å². The van der Waals surface area contributed by atoms with E-state index in [9.17, 15) is 0 Å². The molecule has 0 radical (unpaired) electrons. The molecular weight excluding hydrogens is 421 g/mol. The molecule has 2 aliphatic rings. The smallest absolute Gasteiger partial charge is 0.193 e. The largest absolute Gasteiger partial charge is 0.355 e. The van der Waals surface area contributed by atoms with E-state index in [-0.39, 0.29) is 24.0 Å². The summed E-state index contributed by atoms with van der Waals surface area (Å²) in [4.78, 5) is 11.8. The minimum atomic E-state index is 0. The summed E-state index contributed by atoms with van der Waals surface area (Å²) in [5.74, 6) is 3.01. The van der Waals surface area contributed by atoms with Gasteiger partial charge < -0.3 is 15.1 Å². The molecule has 0 amide bonds. The van der Waals surface area contributed by atoms with Crippen molar-refractivity contribution in [3.63, 3.8) is 0 Å². The molecule has 1 N–H and O–H groups in total. The maximum Gasteiger partial charge on any atom is 0.193 e. The number of aliphatic imine (C=N–C) groups is 1. The van der Waals surface area contributed by atoms with Crippen molar-refractivity contribution in [1.82, 2.24) is 20.0 Å². The standard InChI is InChI=1S/C16H33N5S.HI/c1-13(2)15-12-21(8-9-22-15)16(17-3)18-10-14-11-19(4)6-7-20(14)5;/h13-15H,6-12H2,1-5H3,(H,17,18);1H. The number of hydrogen-bond acceptors (Lipinski definition) is 4. The van der Waals surface area contributed by atoms with E-state index < -0.39 is 0 Å². The number of thioether (sulfide) groups is 1. The third-order valence-corrected chi connectivity index (χ3v) is 6.36. The van der Waals surface area contributed by atoms with Gasteiger partial charge in [-0.25, -0.2) is 0 Å². The van der Waals surface area contributed by atoms with Crippen LogP contribution in [0.1, 0.15) is 13.8 Å². The molecule has 0 bridgehead atoms. The third-order valence-electron chi connectivity index (χ3n) is 4.82. The first-order chi connectivity index (χ1) is 10.5. The highest BCUT2D eigenvalue weighted by Crippen LogP contribution is 2.24. The van der Waals surface area contributed by atoms with Gasteiger partial charge in [0.1, 0.15) is 0 Å². The molecule has 5 nitrogen and oxygen atoms in total. The second kappa shape index (κ2) is 10.3. The van der Waals surface area contributed by atoms with Gasteiger partial charge in [-0.2, -0.15) is 11.8 Å². The van der Waals surface area contributed by atoms with Crippen molar-refractivity contribution in [2.75, 3.05) is 66.2 Å². The SMILES string of the molecule is CN=C(NCC1CN(C)CCN1C)N1CCSC(C(C)C)C1.I. The molecule has 2 rings (SSSR count). The van der Waals surface area contributed by atoms with Gasteiger partial charge in [0.2, 0.25) is 0 Å². The van der Waals surface area contributed by atoms with Gasteiger partial charge in [-0.3, -0.25) is 9.89 Å². The molecular formula is C16H34IN5S. The minimum Gasteiger partial charge on any atom is -0.355 e. The summed E-state index contributed by atoms with van der Waals surface area (Å²) in [6.07, 6.45) is 0. The van der Waals surface area contributed by atoms with Gasteiger partial charge in [0.25, 0.3) is 0 Å². The lowest BCUT2D eigenvalue weighted by molar-refractivity contribution is 0.116. The van der Waals surface area contributed by atoms with Crippen molar-refractivity contribution in [2.24, 2.45) is 10.9 Å². The summed E-state index contributed by atoms with van der Waals surface area (Å²) >= 11 is 2.11. The van der Waals surface area contributed by atoms with Gasteiger partial charge in [-0.05, 0) is 20.0 Å². The zero-order valence-corrected chi connectivity index (χ0v) is 18.4. The minimum absolute atomic E-state index is 0. The van der Waals surface area contributed by atoms with E-state index in [1.54, 1.807) is 0 Å². The molecule has 7 heteroatoms. The number of guanidine groups is 1. The first kappa shape index (κ1) is 21.3. The molecule has 2 saturated heterocycles. The van der Waals surface area contributed by atoms with Crippen LogP contribution in [-0.4, -0.2) is 98.1 Å². The number of nitrogens with one attached hydrogen (secondary N) is 1. The molecule has 2 heterocycles. The zero-order valence-electron chi connectivity index (χ0n) is 15.3. The van der Waals surface area contributed by atoms with E-state index in [1.807, 2.05) is 7.05 Å². The maximum atomic E-state index is 4.52. The van der Waals surface area contributed by atoms with Crippen molar-refractivity contribution >= 4 is 41.7 Å². The fourth-order valence-electron chi connectivity index (χ4n) is 3.13. The Morgan fingerprint density at radius 1 is 1.22 bits per heavy atom. The second-order valence-corrected chi connectivity index (χ2v) is 8.27. The van der Waals surface area contributed by atoms with Crippen LogP contribution < -0.4 is 5.32 Å². The van der Waals surface area contributed by atoms with Crippen molar-refractivity contribution in [2.45, 2.75) is 25.1 Å². The lowest BCUT2D eigenvalue weighted by Crippen LogP contribution is -2.56. The molecule has 0 aliphatic carbocycles. The van der Waals surface area contributed by atoms with Gasteiger partial charge in [0.15, 0.2) is 5.96 Å². The average Bonchev–Trinajstić information content (AvgIpc) is 2.51. The van der Waals surface area contributed by atoms with E-state index in [4.69, 9.17) is 0 Å². The predicted molar refractivity (Wildman–Crippen MR) is 113 cm³/mol. The Bertz CT molecular complexity index is 379. The molecule has 2 unspecified atom stereocenters. The number of rotatable bonds is 3. The van der Waals surface area contributed by atoms with Gasteiger partial charge >= 0.3 is 0 Å². The average molecular weight is 455 g/mol. The molecule has 2 atom stereocenters. The van der Waals surface area contributed by atoms with Crippen LogP contribution in [0.4, 0.5) is 0 Å². The third kappa shape index (κ3) is 6.25. The molecule has 2 fully saturated rings. The summed E-state index contributed by atoms with van der Waals surface area (Å²) in [6.45, 7) is 11.3. The van der Waals surface area contributed by atoms with Crippen LogP contribution >= 0.6 is 35.7 Å². The maximum absolute atomic E-state index is 4.52. The van der Waals surface area contributed by atoms with Crippen molar-refractivity contribution < 1.29 is 0 Å². The number of piperazine rings is 1. The van der Waals surface area contributed by atoms with Gasteiger partial charge in [0, 0.05) is 63.4 Å². The monoisotopic (exact) mass is 455 g/mol. The van der Waals surface area contributed by atoms with Gasteiger partial charge in [-0.15, -0.1) is 24.0 Å². The number of halogens is 1. The summed E-state index contributed by atoms with van der Waals surface area (Å²) in [6, 6.07) is 0.565. The molecule has 136 valence electrons.